The van der Waals surface area contributed by atoms with Crippen LogP contribution < -0.4 is 14.8 Å². The number of nitrogens with one attached hydrogen (secondary N) is 1. The Balaban J connectivity index is 1.94. The summed E-state index contributed by atoms with van der Waals surface area (Å²) in [5.41, 5.74) is 1.86. The summed E-state index contributed by atoms with van der Waals surface area (Å²) in [6.07, 6.45) is 4.93. The molecule has 0 aliphatic heterocycles. The highest BCUT2D eigenvalue weighted by Gasteiger charge is 2.07. The topological polar surface area (TPSA) is 73.9 Å². The molecule has 0 fully saturated rings. The first-order chi connectivity index (χ1) is 14.1. The van der Waals surface area contributed by atoms with Gasteiger partial charge in [0.2, 0.25) is 5.91 Å². The van der Waals surface area contributed by atoms with E-state index >= 15 is 0 Å². The van der Waals surface area contributed by atoms with Gasteiger partial charge in [-0.25, -0.2) is 4.79 Å². The van der Waals surface area contributed by atoms with Crippen molar-refractivity contribution >= 4 is 23.6 Å². The molecule has 0 aliphatic carbocycles. The molecule has 6 heteroatoms. The SMILES string of the molecule is CCCCOC(=O)c1ccc(NC(=O)/C=C/c2ccc(OCC)c(OC)c2)cc1. The zero-order valence-corrected chi connectivity index (χ0v) is 17.1. The van der Waals surface area contributed by atoms with Gasteiger partial charge in [0.05, 0.1) is 25.9 Å². The van der Waals surface area contributed by atoms with Crippen molar-refractivity contribution in [3.05, 3.63) is 59.7 Å². The molecule has 0 spiro atoms. The maximum atomic E-state index is 12.2. The van der Waals surface area contributed by atoms with Crippen LogP contribution >= 0.6 is 0 Å². The van der Waals surface area contributed by atoms with Crippen LogP contribution in [-0.2, 0) is 9.53 Å². The van der Waals surface area contributed by atoms with Gasteiger partial charge >= 0.3 is 5.97 Å². The van der Waals surface area contributed by atoms with Crippen LogP contribution in [0.15, 0.2) is 48.5 Å². The van der Waals surface area contributed by atoms with Crippen LogP contribution in [0, 0.1) is 0 Å². The van der Waals surface area contributed by atoms with Gasteiger partial charge in [-0.3, -0.25) is 4.79 Å². The number of benzene rings is 2. The fourth-order valence-corrected chi connectivity index (χ4v) is 2.50. The predicted octanol–water partition coefficient (Wildman–Crippen LogP) is 4.70. The molecule has 2 rings (SSSR count). The van der Waals surface area contributed by atoms with Crippen LogP contribution in [0.5, 0.6) is 11.5 Å². The highest BCUT2D eigenvalue weighted by molar-refractivity contribution is 6.02. The smallest absolute Gasteiger partial charge is 0.338 e. The van der Waals surface area contributed by atoms with E-state index < -0.39 is 0 Å². The zero-order valence-electron chi connectivity index (χ0n) is 17.1. The highest BCUT2D eigenvalue weighted by Crippen LogP contribution is 2.28. The van der Waals surface area contributed by atoms with E-state index in [-0.39, 0.29) is 11.9 Å². The molecule has 0 aromatic heterocycles. The molecule has 0 radical (unpaired) electrons. The number of esters is 1. The number of ether oxygens (including phenoxy) is 3. The third-order valence-electron chi connectivity index (χ3n) is 4.03. The van der Waals surface area contributed by atoms with E-state index in [0.29, 0.717) is 36.0 Å². The summed E-state index contributed by atoms with van der Waals surface area (Å²) in [6.45, 7) is 4.89. The van der Waals surface area contributed by atoms with E-state index in [4.69, 9.17) is 14.2 Å². The van der Waals surface area contributed by atoms with Gasteiger partial charge in [-0.05, 0) is 61.4 Å². The summed E-state index contributed by atoms with van der Waals surface area (Å²) in [5.74, 6) is 0.623. The molecule has 6 nitrogen and oxygen atoms in total. The van der Waals surface area contributed by atoms with Gasteiger partial charge in [-0.2, -0.15) is 0 Å². The van der Waals surface area contributed by atoms with Gasteiger partial charge in [0.25, 0.3) is 0 Å². The summed E-state index contributed by atoms with van der Waals surface area (Å²) >= 11 is 0. The minimum atomic E-state index is -0.360. The Hall–Kier alpha value is -3.28. The molecule has 1 N–H and O–H groups in total. The third kappa shape index (κ3) is 6.99. The van der Waals surface area contributed by atoms with Crippen molar-refractivity contribution in [3.63, 3.8) is 0 Å². The van der Waals surface area contributed by atoms with Crippen LogP contribution in [0.2, 0.25) is 0 Å². The molecular formula is C23H27NO5. The molecule has 0 bridgehead atoms. The molecular weight excluding hydrogens is 370 g/mol. The molecule has 29 heavy (non-hydrogen) atoms. The van der Waals surface area contributed by atoms with E-state index in [2.05, 4.69) is 5.32 Å². The Labute approximate surface area is 171 Å². The van der Waals surface area contributed by atoms with Gasteiger partial charge in [0.1, 0.15) is 0 Å². The normalized spacial score (nSPS) is 10.6. The number of hydrogen-bond donors (Lipinski definition) is 1. The molecule has 0 aliphatic rings. The van der Waals surface area contributed by atoms with Crippen molar-refractivity contribution in [2.75, 3.05) is 25.6 Å². The van der Waals surface area contributed by atoms with Crippen LogP contribution in [-0.4, -0.2) is 32.2 Å². The van der Waals surface area contributed by atoms with E-state index in [1.165, 1.54) is 6.08 Å². The second-order valence-corrected chi connectivity index (χ2v) is 6.23. The molecule has 1 amide bonds. The number of unbranched alkanes of at least 4 members (excludes halogenated alkanes) is 1. The minimum Gasteiger partial charge on any atom is -0.493 e. The fourth-order valence-electron chi connectivity index (χ4n) is 2.50. The van der Waals surface area contributed by atoms with Gasteiger partial charge in [0, 0.05) is 11.8 Å². The van der Waals surface area contributed by atoms with Gasteiger partial charge < -0.3 is 19.5 Å². The Morgan fingerprint density at radius 3 is 2.45 bits per heavy atom. The fraction of sp³-hybridized carbons (Fsp3) is 0.304. The van der Waals surface area contributed by atoms with Crippen LogP contribution in [0.4, 0.5) is 5.69 Å². The van der Waals surface area contributed by atoms with Crippen molar-refractivity contribution < 1.29 is 23.8 Å². The van der Waals surface area contributed by atoms with Gasteiger partial charge in [-0.15, -0.1) is 0 Å². The first-order valence-electron chi connectivity index (χ1n) is 9.64. The zero-order chi connectivity index (χ0) is 21.1. The third-order valence-corrected chi connectivity index (χ3v) is 4.03. The second kappa shape index (κ2) is 11.5. The summed E-state index contributed by atoms with van der Waals surface area (Å²) in [5, 5.41) is 2.76. The molecule has 0 heterocycles. The predicted molar refractivity (Wildman–Crippen MR) is 113 cm³/mol. The van der Waals surface area contributed by atoms with E-state index in [0.717, 1.165) is 18.4 Å². The van der Waals surface area contributed by atoms with Crippen molar-refractivity contribution in [3.8, 4) is 11.5 Å². The maximum absolute atomic E-state index is 12.2. The molecule has 2 aromatic carbocycles. The monoisotopic (exact) mass is 397 g/mol. The van der Waals surface area contributed by atoms with E-state index in [1.54, 1.807) is 49.6 Å². The number of carbonyl (C=O) groups is 2. The minimum absolute atomic E-state index is 0.281. The maximum Gasteiger partial charge on any atom is 0.338 e. The number of amides is 1. The molecule has 2 aromatic rings. The number of methoxy groups -OCH3 is 1. The Bertz CT molecular complexity index is 843. The van der Waals surface area contributed by atoms with Crippen LogP contribution in [0.3, 0.4) is 0 Å². The standard InChI is InChI=1S/C23H27NO5/c1-4-6-15-29-23(26)18-9-11-19(12-10-18)24-22(25)14-8-17-7-13-20(28-5-2)21(16-17)27-3/h7-14,16H,4-6,15H2,1-3H3,(H,24,25)/b14-8+. The van der Waals surface area contributed by atoms with Gasteiger partial charge in [0.15, 0.2) is 11.5 Å². The summed E-state index contributed by atoms with van der Waals surface area (Å²) < 4.78 is 15.9. The van der Waals surface area contributed by atoms with Crippen molar-refractivity contribution in [2.24, 2.45) is 0 Å². The molecule has 0 unspecified atom stereocenters. The van der Waals surface area contributed by atoms with E-state index in [1.807, 2.05) is 19.9 Å². The molecule has 154 valence electrons. The van der Waals surface area contributed by atoms with Crippen molar-refractivity contribution in [2.45, 2.75) is 26.7 Å². The Morgan fingerprint density at radius 2 is 1.79 bits per heavy atom. The Kier molecular flexibility index (Phi) is 8.76. The first kappa shape index (κ1) is 22.0. The van der Waals surface area contributed by atoms with Gasteiger partial charge in [-0.1, -0.05) is 19.4 Å². The molecule has 0 saturated heterocycles. The Morgan fingerprint density at radius 1 is 1.03 bits per heavy atom. The lowest BCUT2D eigenvalue weighted by atomic mass is 10.2. The highest BCUT2D eigenvalue weighted by atomic mass is 16.5. The van der Waals surface area contributed by atoms with Crippen molar-refractivity contribution in [1.82, 2.24) is 0 Å². The largest absolute Gasteiger partial charge is 0.493 e. The summed E-state index contributed by atoms with van der Waals surface area (Å²) in [4.78, 5) is 24.0. The number of rotatable bonds is 10. The molecule has 0 atom stereocenters. The van der Waals surface area contributed by atoms with Crippen LogP contribution in [0.25, 0.3) is 6.08 Å². The average molecular weight is 397 g/mol. The van der Waals surface area contributed by atoms with E-state index in [9.17, 15) is 9.59 Å². The lowest BCUT2D eigenvalue weighted by molar-refractivity contribution is -0.111. The summed E-state index contributed by atoms with van der Waals surface area (Å²) in [7, 11) is 1.57. The van der Waals surface area contributed by atoms with Crippen LogP contribution in [0.1, 0.15) is 42.6 Å². The molecule has 0 saturated carbocycles. The average Bonchev–Trinajstić information content (AvgIpc) is 2.73. The second-order valence-electron chi connectivity index (χ2n) is 6.23. The lowest BCUT2D eigenvalue weighted by Crippen LogP contribution is -2.09. The number of anilines is 1. The first-order valence-corrected chi connectivity index (χ1v) is 9.64. The number of carbonyl (C=O) groups excluding carboxylic acids is 2. The quantitative estimate of drug-likeness (QED) is 0.357. The number of hydrogen-bond acceptors (Lipinski definition) is 5. The summed E-state index contributed by atoms with van der Waals surface area (Å²) in [6, 6.07) is 12.0. The van der Waals surface area contributed by atoms with Crippen molar-refractivity contribution in [1.29, 1.82) is 0 Å². The lowest BCUT2D eigenvalue weighted by Gasteiger charge is -2.09.